The number of halogens is 6. The highest BCUT2D eigenvalue weighted by atomic mass is 19.4. The Kier molecular flexibility index (Phi) is 6.84. The predicted octanol–water partition coefficient (Wildman–Crippen LogP) is 1.94. The highest BCUT2D eigenvalue weighted by molar-refractivity contribution is 6.03. The highest BCUT2D eigenvalue weighted by Gasteiger charge is 2.41. The molecule has 1 saturated heterocycles. The Morgan fingerprint density at radius 1 is 1.13 bits per heavy atom. The van der Waals surface area contributed by atoms with E-state index in [0.29, 0.717) is 17.0 Å². The summed E-state index contributed by atoms with van der Waals surface area (Å²) in [5.41, 5.74) is -0.532. The van der Waals surface area contributed by atoms with Gasteiger partial charge in [-0.3, -0.25) is 20.4 Å². The minimum absolute atomic E-state index is 0.168. The summed E-state index contributed by atoms with van der Waals surface area (Å²) in [6, 6.07) is 0.869. The van der Waals surface area contributed by atoms with Crippen molar-refractivity contribution < 1.29 is 35.9 Å². The Morgan fingerprint density at radius 3 is 2.33 bits per heavy atom. The van der Waals surface area contributed by atoms with Gasteiger partial charge >= 0.3 is 6.18 Å². The van der Waals surface area contributed by atoms with E-state index in [1.165, 1.54) is 0 Å². The summed E-state index contributed by atoms with van der Waals surface area (Å²) >= 11 is 0. The van der Waals surface area contributed by atoms with Crippen molar-refractivity contribution in [1.82, 2.24) is 15.1 Å². The Hall–Kier alpha value is -3.38. The van der Waals surface area contributed by atoms with E-state index < -0.39 is 60.7 Å². The quantitative estimate of drug-likeness (QED) is 0.165. The van der Waals surface area contributed by atoms with Crippen molar-refractivity contribution in [2.75, 3.05) is 19.6 Å². The number of rotatable bonds is 5. The molecule has 0 unspecified atom stereocenters. The van der Waals surface area contributed by atoms with Crippen LogP contribution in [0.1, 0.15) is 5.56 Å². The number of nitrogens with zero attached hydrogens (tertiary/aromatic N) is 2. The summed E-state index contributed by atoms with van der Waals surface area (Å²) in [4.78, 5) is 24.5. The zero-order chi connectivity index (χ0) is 22.6. The number of amidine groups is 2. The molecule has 0 bridgehead atoms. The van der Waals surface area contributed by atoms with Crippen molar-refractivity contribution in [3.05, 3.63) is 46.9 Å². The van der Waals surface area contributed by atoms with Crippen LogP contribution in [0.5, 0.6) is 0 Å². The first-order valence-electron chi connectivity index (χ1n) is 8.27. The van der Waals surface area contributed by atoms with E-state index in [0.717, 1.165) is 11.0 Å². The molecule has 1 aliphatic heterocycles. The fraction of sp³-hybridized carbons (Fsp3) is 0.294. The molecule has 0 atom stereocenters. The van der Waals surface area contributed by atoms with Gasteiger partial charge in [-0.2, -0.15) is 13.2 Å². The molecule has 0 spiro atoms. The normalized spacial score (nSPS) is 15.3. The molecular weight excluding hydrogens is 420 g/mol. The molecule has 1 heterocycles. The molecule has 2 amide bonds. The number of carbonyl (C=O) groups is 2. The van der Waals surface area contributed by atoms with Gasteiger partial charge in [-0.15, -0.1) is 0 Å². The first-order valence-corrected chi connectivity index (χ1v) is 8.27. The second-order valence-electron chi connectivity index (χ2n) is 6.17. The number of hydrogen-bond acceptors (Lipinski definition) is 4. The van der Waals surface area contributed by atoms with Crippen molar-refractivity contribution in [2.24, 2.45) is 0 Å². The second kappa shape index (κ2) is 8.97. The maximum absolute atomic E-state index is 13.8. The van der Waals surface area contributed by atoms with Crippen molar-refractivity contribution >= 4 is 24.0 Å². The Labute approximate surface area is 166 Å². The molecule has 7 nitrogen and oxygen atoms in total. The second-order valence-corrected chi connectivity index (χ2v) is 6.17. The van der Waals surface area contributed by atoms with Gasteiger partial charge in [-0.05, 0) is 11.6 Å². The number of piperazine rings is 1. The van der Waals surface area contributed by atoms with Crippen molar-refractivity contribution in [3.8, 4) is 0 Å². The number of allylic oxidation sites excluding steroid dienone is 1. The lowest BCUT2D eigenvalue weighted by molar-refractivity contribution is -0.126. The lowest BCUT2D eigenvalue weighted by Gasteiger charge is -2.36. The average molecular weight is 435 g/mol. The molecule has 0 saturated carbocycles. The van der Waals surface area contributed by atoms with Crippen LogP contribution in [-0.4, -0.2) is 59.6 Å². The zero-order valence-corrected chi connectivity index (χ0v) is 15.1. The van der Waals surface area contributed by atoms with Crippen molar-refractivity contribution in [1.29, 1.82) is 10.8 Å². The number of benzene rings is 1. The van der Waals surface area contributed by atoms with E-state index in [2.05, 4.69) is 5.32 Å². The number of carbonyl (C=O) groups excluding carboxylic acids is 2. The summed E-state index contributed by atoms with van der Waals surface area (Å²) < 4.78 is 78.1. The standard InChI is InChI=1S/C17H15F6N5O2/c18-11-6-13(20)12(19)4-9(11)3-10(26-8-29)5-15(30)27-1-2-28(14(24)7-27)16(25)17(21,22)23/h4-6,8,24-25H,1-3,7H2,(H,26,29)/b10-5-,24-14?,25-16?. The first-order chi connectivity index (χ1) is 13.9. The van der Waals surface area contributed by atoms with E-state index in [9.17, 15) is 35.9 Å². The smallest absolute Gasteiger partial charge is 0.332 e. The summed E-state index contributed by atoms with van der Waals surface area (Å²) in [5.74, 6) is -7.04. The molecule has 2 rings (SSSR count). The predicted molar refractivity (Wildman–Crippen MR) is 92.1 cm³/mol. The van der Waals surface area contributed by atoms with Crippen LogP contribution in [0.15, 0.2) is 23.9 Å². The Morgan fingerprint density at radius 2 is 1.77 bits per heavy atom. The van der Waals surface area contributed by atoms with Crippen LogP contribution < -0.4 is 5.32 Å². The van der Waals surface area contributed by atoms with E-state index in [1.807, 2.05) is 0 Å². The molecule has 1 aromatic carbocycles. The number of nitrogens with one attached hydrogen (secondary N) is 3. The molecule has 1 fully saturated rings. The third kappa shape index (κ3) is 5.36. The van der Waals surface area contributed by atoms with Gasteiger partial charge in [-0.25, -0.2) is 13.2 Å². The van der Waals surface area contributed by atoms with Gasteiger partial charge in [0.2, 0.25) is 18.2 Å². The van der Waals surface area contributed by atoms with Crippen LogP contribution in [0.4, 0.5) is 26.3 Å². The van der Waals surface area contributed by atoms with Gasteiger partial charge in [-0.1, -0.05) is 0 Å². The van der Waals surface area contributed by atoms with Crippen LogP contribution in [0, 0.1) is 28.3 Å². The van der Waals surface area contributed by atoms with E-state index >= 15 is 0 Å². The summed E-state index contributed by atoms with van der Waals surface area (Å²) in [7, 11) is 0. The minimum Gasteiger partial charge on any atom is -0.332 e. The molecule has 0 aliphatic carbocycles. The molecule has 0 aromatic heterocycles. The summed E-state index contributed by atoms with van der Waals surface area (Å²) in [6.07, 6.45) is -4.42. The highest BCUT2D eigenvalue weighted by Crippen LogP contribution is 2.21. The van der Waals surface area contributed by atoms with Crippen molar-refractivity contribution in [3.63, 3.8) is 0 Å². The van der Waals surface area contributed by atoms with Gasteiger partial charge in [0.15, 0.2) is 11.6 Å². The van der Waals surface area contributed by atoms with E-state index in [4.69, 9.17) is 10.8 Å². The lowest BCUT2D eigenvalue weighted by Crippen LogP contribution is -2.56. The van der Waals surface area contributed by atoms with Crippen LogP contribution in [0.2, 0.25) is 0 Å². The van der Waals surface area contributed by atoms with Gasteiger partial charge in [0, 0.05) is 37.3 Å². The number of amides is 2. The monoisotopic (exact) mass is 435 g/mol. The summed E-state index contributed by atoms with van der Waals surface area (Å²) in [6.45, 7) is -1.25. The summed E-state index contributed by atoms with van der Waals surface area (Å²) in [5, 5.41) is 16.9. The maximum Gasteiger partial charge on any atom is 0.449 e. The van der Waals surface area contributed by atoms with Crippen LogP contribution in [-0.2, 0) is 16.0 Å². The molecule has 0 radical (unpaired) electrons. The third-order valence-corrected chi connectivity index (χ3v) is 4.12. The van der Waals surface area contributed by atoms with Crippen LogP contribution in [0.25, 0.3) is 0 Å². The molecule has 162 valence electrons. The largest absolute Gasteiger partial charge is 0.449 e. The minimum atomic E-state index is -4.95. The van der Waals surface area contributed by atoms with Gasteiger partial charge in [0.05, 0.1) is 6.54 Å². The average Bonchev–Trinajstić information content (AvgIpc) is 2.64. The van der Waals surface area contributed by atoms with Crippen molar-refractivity contribution in [2.45, 2.75) is 12.6 Å². The van der Waals surface area contributed by atoms with Gasteiger partial charge in [0.1, 0.15) is 11.7 Å². The molecule has 3 N–H and O–H groups in total. The first kappa shape index (κ1) is 22.9. The Bertz CT molecular complexity index is 915. The SMILES string of the molecule is N=C1CN(C(=O)/C=C(/Cc2cc(F)c(F)cc2F)NC=O)CCN1C(=N)C(F)(F)F. The topological polar surface area (TPSA) is 100 Å². The van der Waals surface area contributed by atoms with E-state index in [-0.39, 0.29) is 24.2 Å². The molecule has 13 heteroatoms. The maximum atomic E-state index is 13.8. The van der Waals surface area contributed by atoms with Crippen LogP contribution in [0.3, 0.4) is 0 Å². The molecule has 1 aromatic rings. The lowest BCUT2D eigenvalue weighted by atomic mass is 10.1. The number of hydrogen-bond donors (Lipinski definition) is 3. The molecule has 1 aliphatic rings. The molecule has 30 heavy (non-hydrogen) atoms. The third-order valence-electron chi connectivity index (χ3n) is 4.12. The molecular formula is C17H15F6N5O2. The fourth-order valence-corrected chi connectivity index (χ4v) is 2.65. The van der Waals surface area contributed by atoms with E-state index in [1.54, 1.807) is 0 Å². The fourth-order valence-electron chi connectivity index (χ4n) is 2.65. The zero-order valence-electron chi connectivity index (χ0n) is 15.1. The Balaban J connectivity index is 2.14. The van der Waals surface area contributed by atoms with Gasteiger partial charge in [0.25, 0.3) is 0 Å². The number of alkyl halides is 3. The van der Waals surface area contributed by atoms with Crippen LogP contribution >= 0.6 is 0 Å². The van der Waals surface area contributed by atoms with Gasteiger partial charge < -0.3 is 15.1 Å².